The summed E-state index contributed by atoms with van der Waals surface area (Å²) in [5, 5.41) is 8.88. The van der Waals surface area contributed by atoms with E-state index in [1.807, 2.05) is 24.3 Å². The van der Waals surface area contributed by atoms with Crippen molar-refractivity contribution in [3.8, 4) is 28.3 Å². The number of rotatable bonds is 2. The van der Waals surface area contributed by atoms with E-state index < -0.39 is 0 Å². The third-order valence-electron chi connectivity index (χ3n) is 4.60. The minimum atomic E-state index is 0.691. The average Bonchev–Trinajstić information content (AvgIpc) is 2.60. The lowest BCUT2D eigenvalue weighted by atomic mass is 9.93. The second-order valence-electron chi connectivity index (χ2n) is 5.95. The second-order valence-corrected chi connectivity index (χ2v) is 5.95. The van der Waals surface area contributed by atoms with Crippen molar-refractivity contribution < 1.29 is 0 Å². The van der Waals surface area contributed by atoms with Gasteiger partial charge in [-0.3, -0.25) is 0 Å². The van der Waals surface area contributed by atoms with Crippen molar-refractivity contribution in [3.63, 3.8) is 0 Å². The Hall–Kier alpha value is -2.85. The lowest BCUT2D eigenvalue weighted by Crippen LogP contribution is -1.90. The molecule has 0 bridgehead atoms. The Morgan fingerprint density at radius 2 is 1.13 bits per heavy atom. The molecule has 112 valence electrons. The monoisotopic (exact) mass is 297 g/mol. The van der Waals surface area contributed by atoms with Crippen molar-refractivity contribution in [2.24, 2.45) is 0 Å². The van der Waals surface area contributed by atoms with Gasteiger partial charge >= 0.3 is 0 Å². The largest absolute Gasteiger partial charge is 0.192 e. The molecule has 3 aromatic carbocycles. The first-order valence-electron chi connectivity index (χ1n) is 7.78. The van der Waals surface area contributed by atoms with Gasteiger partial charge in [-0.05, 0) is 71.8 Å². The quantitative estimate of drug-likeness (QED) is 0.585. The van der Waals surface area contributed by atoms with E-state index in [1.54, 1.807) is 0 Å². The van der Waals surface area contributed by atoms with Gasteiger partial charge < -0.3 is 0 Å². The van der Waals surface area contributed by atoms with Crippen LogP contribution in [0.4, 0.5) is 0 Å². The maximum atomic E-state index is 8.88. The fourth-order valence-electron chi connectivity index (χ4n) is 2.85. The Balaban J connectivity index is 1.96. The van der Waals surface area contributed by atoms with Gasteiger partial charge in [-0.1, -0.05) is 48.5 Å². The molecule has 0 aliphatic carbocycles. The van der Waals surface area contributed by atoms with E-state index in [0.717, 1.165) is 5.56 Å². The summed E-state index contributed by atoms with van der Waals surface area (Å²) in [4.78, 5) is 0. The molecule has 0 saturated carbocycles. The van der Waals surface area contributed by atoms with Gasteiger partial charge in [0.25, 0.3) is 0 Å². The van der Waals surface area contributed by atoms with Crippen molar-refractivity contribution in [2.45, 2.75) is 20.8 Å². The summed E-state index contributed by atoms with van der Waals surface area (Å²) in [5.41, 5.74) is 9.56. The maximum absolute atomic E-state index is 8.88. The first kappa shape index (κ1) is 15.1. The third kappa shape index (κ3) is 2.89. The van der Waals surface area contributed by atoms with Crippen LogP contribution in [0.3, 0.4) is 0 Å². The fourth-order valence-corrected chi connectivity index (χ4v) is 2.85. The number of hydrogen-bond acceptors (Lipinski definition) is 1. The summed E-state index contributed by atoms with van der Waals surface area (Å²) in [6.07, 6.45) is 0. The predicted octanol–water partition coefficient (Wildman–Crippen LogP) is 5.82. The van der Waals surface area contributed by atoms with Crippen LogP contribution >= 0.6 is 0 Å². The standard InChI is InChI=1S/C22H19N/c1-15-4-13-22(17(3)16(15)2)21-11-9-20(10-12-21)19-7-5-18(14-23)6-8-19/h4-13H,1-3H3. The molecule has 0 spiro atoms. The summed E-state index contributed by atoms with van der Waals surface area (Å²) in [5.74, 6) is 0. The van der Waals surface area contributed by atoms with Gasteiger partial charge in [0.1, 0.15) is 0 Å². The van der Waals surface area contributed by atoms with Crippen LogP contribution in [0.15, 0.2) is 60.7 Å². The van der Waals surface area contributed by atoms with E-state index in [1.165, 1.54) is 33.4 Å². The second kappa shape index (κ2) is 6.10. The van der Waals surface area contributed by atoms with Crippen LogP contribution in [-0.4, -0.2) is 0 Å². The Morgan fingerprint density at radius 1 is 0.609 bits per heavy atom. The molecule has 0 heterocycles. The fraction of sp³-hybridized carbons (Fsp3) is 0.136. The van der Waals surface area contributed by atoms with Crippen LogP contribution < -0.4 is 0 Å². The zero-order valence-corrected chi connectivity index (χ0v) is 13.7. The minimum Gasteiger partial charge on any atom is -0.192 e. The van der Waals surface area contributed by atoms with Crippen LogP contribution in [0.1, 0.15) is 22.3 Å². The Labute approximate surface area is 137 Å². The van der Waals surface area contributed by atoms with E-state index in [0.29, 0.717) is 5.56 Å². The van der Waals surface area contributed by atoms with E-state index in [2.05, 4.69) is 63.2 Å². The highest BCUT2D eigenvalue weighted by Gasteiger charge is 2.06. The number of benzene rings is 3. The number of nitriles is 1. The molecular weight excluding hydrogens is 278 g/mol. The van der Waals surface area contributed by atoms with Gasteiger partial charge in [-0.2, -0.15) is 5.26 Å². The first-order chi connectivity index (χ1) is 11.1. The zero-order chi connectivity index (χ0) is 16.4. The summed E-state index contributed by atoms with van der Waals surface area (Å²) in [7, 11) is 0. The third-order valence-corrected chi connectivity index (χ3v) is 4.60. The number of nitrogens with zero attached hydrogens (tertiary/aromatic N) is 1. The van der Waals surface area contributed by atoms with Gasteiger partial charge in [0.05, 0.1) is 11.6 Å². The summed E-state index contributed by atoms with van der Waals surface area (Å²) < 4.78 is 0. The molecule has 3 rings (SSSR count). The molecule has 0 aromatic heterocycles. The van der Waals surface area contributed by atoms with E-state index in [4.69, 9.17) is 5.26 Å². The summed E-state index contributed by atoms with van der Waals surface area (Å²) >= 11 is 0. The lowest BCUT2D eigenvalue weighted by Gasteiger charge is -2.12. The minimum absolute atomic E-state index is 0.691. The van der Waals surface area contributed by atoms with Crippen molar-refractivity contribution in [3.05, 3.63) is 82.9 Å². The van der Waals surface area contributed by atoms with Crippen molar-refractivity contribution >= 4 is 0 Å². The van der Waals surface area contributed by atoms with Gasteiger partial charge in [-0.25, -0.2) is 0 Å². The molecule has 3 aromatic rings. The normalized spacial score (nSPS) is 10.3. The Kier molecular flexibility index (Phi) is 4.00. The molecule has 0 unspecified atom stereocenters. The van der Waals surface area contributed by atoms with E-state index >= 15 is 0 Å². The molecule has 0 N–H and O–H groups in total. The molecule has 23 heavy (non-hydrogen) atoms. The molecule has 1 nitrogen and oxygen atoms in total. The molecule has 0 fully saturated rings. The summed E-state index contributed by atoms with van der Waals surface area (Å²) in [6, 6.07) is 22.9. The van der Waals surface area contributed by atoms with Crippen molar-refractivity contribution in [1.29, 1.82) is 5.26 Å². The molecule has 0 amide bonds. The lowest BCUT2D eigenvalue weighted by molar-refractivity contribution is 1.27. The van der Waals surface area contributed by atoms with Gasteiger partial charge in [0, 0.05) is 0 Å². The highest BCUT2D eigenvalue weighted by atomic mass is 14.2. The Bertz CT molecular complexity index is 879. The maximum Gasteiger partial charge on any atom is 0.0991 e. The highest BCUT2D eigenvalue weighted by Crippen LogP contribution is 2.29. The first-order valence-corrected chi connectivity index (χ1v) is 7.78. The molecule has 0 aliphatic heterocycles. The average molecular weight is 297 g/mol. The van der Waals surface area contributed by atoms with Crippen molar-refractivity contribution in [1.82, 2.24) is 0 Å². The molecule has 0 radical (unpaired) electrons. The molecule has 1 heteroatoms. The van der Waals surface area contributed by atoms with Crippen LogP contribution in [0.5, 0.6) is 0 Å². The van der Waals surface area contributed by atoms with Gasteiger partial charge in [-0.15, -0.1) is 0 Å². The van der Waals surface area contributed by atoms with Crippen LogP contribution in [0.25, 0.3) is 22.3 Å². The zero-order valence-electron chi connectivity index (χ0n) is 13.7. The number of hydrogen-bond donors (Lipinski definition) is 0. The van der Waals surface area contributed by atoms with E-state index in [-0.39, 0.29) is 0 Å². The molecular formula is C22H19N. The Morgan fingerprint density at radius 3 is 1.70 bits per heavy atom. The van der Waals surface area contributed by atoms with Crippen LogP contribution in [0.2, 0.25) is 0 Å². The smallest absolute Gasteiger partial charge is 0.0991 e. The van der Waals surface area contributed by atoms with Gasteiger partial charge in [0.15, 0.2) is 0 Å². The van der Waals surface area contributed by atoms with Crippen LogP contribution in [0, 0.1) is 32.1 Å². The summed E-state index contributed by atoms with van der Waals surface area (Å²) in [6.45, 7) is 6.52. The van der Waals surface area contributed by atoms with Crippen LogP contribution in [-0.2, 0) is 0 Å². The molecule has 0 saturated heterocycles. The van der Waals surface area contributed by atoms with Crippen molar-refractivity contribution in [2.75, 3.05) is 0 Å². The molecule has 0 aliphatic rings. The van der Waals surface area contributed by atoms with Gasteiger partial charge in [0.2, 0.25) is 0 Å². The predicted molar refractivity (Wildman–Crippen MR) is 96.2 cm³/mol. The van der Waals surface area contributed by atoms with E-state index in [9.17, 15) is 0 Å². The highest BCUT2D eigenvalue weighted by molar-refractivity contribution is 5.73. The SMILES string of the molecule is Cc1ccc(-c2ccc(-c3ccc(C#N)cc3)cc2)c(C)c1C. The number of aryl methyl sites for hydroxylation is 1. The topological polar surface area (TPSA) is 23.8 Å². The molecule has 0 atom stereocenters.